The summed E-state index contributed by atoms with van der Waals surface area (Å²) in [6.07, 6.45) is -0.841. The highest BCUT2D eigenvalue weighted by molar-refractivity contribution is 5.92. The van der Waals surface area contributed by atoms with E-state index < -0.39 is 18.1 Å². The van der Waals surface area contributed by atoms with Gasteiger partial charge in [0, 0.05) is 24.7 Å². The van der Waals surface area contributed by atoms with E-state index in [0.717, 1.165) is 5.56 Å². The predicted molar refractivity (Wildman–Crippen MR) is 136 cm³/mol. The lowest BCUT2D eigenvalue weighted by Crippen LogP contribution is -2.46. The molecule has 4 N–H and O–H groups in total. The summed E-state index contributed by atoms with van der Waals surface area (Å²) >= 11 is 0. The number of ether oxygens (including phenoxy) is 2. The van der Waals surface area contributed by atoms with Crippen molar-refractivity contribution in [3.8, 4) is 11.5 Å². The van der Waals surface area contributed by atoms with Crippen molar-refractivity contribution in [2.24, 2.45) is 5.73 Å². The van der Waals surface area contributed by atoms with Crippen molar-refractivity contribution in [2.75, 3.05) is 26.3 Å². The van der Waals surface area contributed by atoms with Crippen LogP contribution in [0, 0.1) is 0 Å². The minimum atomic E-state index is -0.753. The number of benzene rings is 3. The largest absolute Gasteiger partial charge is 0.491 e. The molecule has 0 saturated heterocycles. The van der Waals surface area contributed by atoms with Crippen LogP contribution in [0.5, 0.6) is 11.5 Å². The number of amides is 1. The molecule has 0 aliphatic heterocycles. The second-order valence-corrected chi connectivity index (χ2v) is 8.62. The number of rotatable bonds is 14. The summed E-state index contributed by atoms with van der Waals surface area (Å²) < 4.78 is 11.4. The van der Waals surface area contributed by atoms with E-state index in [9.17, 15) is 15.0 Å². The van der Waals surface area contributed by atoms with Crippen molar-refractivity contribution in [1.82, 2.24) is 4.90 Å². The molecule has 3 aromatic rings. The summed E-state index contributed by atoms with van der Waals surface area (Å²) in [5.74, 6) is 0.920. The highest BCUT2D eigenvalue weighted by Crippen LogP contribution is 2.14. The second-order valence-electron chi connectivity index (χ2n) is 8.62. The Labute approximate surface area is 206 Å². The number of aliphatic hydroxyl groups is 2. The van der Waals surface area contributed by atoms with Gasteiger partial charge in [-0.05, 0) is 55.3 Å². The summed E-state index contributed by atoms with van der Waals surface area (Å²) in [4.78, 5) is 13.4. The molecule has 0 saturated carbocycles. The topological polar surface area (TPSA) is 105 Å². The van der Waals surface area contributed by atoms with E-state index in [4.69, 9.17) is 15.2 Å². The van der Waals surface area contributed by atoms with Crippen LogP contribution in [0.3, 0.4) is 0 Å². The molecule has 7 nitrogen and oxygen atoms in total. The van der Waals surface area contributed by atoms with Gasteiger partial charge in [0.25, 0.3) is 0 Å². The van der Waals surface area contributed by atoms with E-state index in [0.29, 0.717) is 36.6 Å². The summed E-state index contributed by atoms with van der Waals surface area (Å²) in [5, 5.41) is 21.4. The van der Waals surface area contributed by atoms with Gasteiger partial charge in [0.2, 0.25) is 5.91 Å². The van der Waals surface area contributed by atoms with Gasteiger partial charge in [-0.2, -0.15) is 0 Å². The maximum absolute atomic E-state index is 11.3. The molecular formula is C28H34N2O5. The molecule has 0 bridgehead atoms. The first-order valence-electron chi connectivity index (χ1n) is 11.8. The predicted octanol–water partition coefficient (Wildman–Crippen LogP) is 2.90. The lowest BCUT2D eigenvalue weighted by atomic mass is 10.0. The third-order valence-electron chi connectivity index (χ3n) is 5.65. The van der Waals surface area contributed by atoms with Gasteiger partial charge < -0.3 is 25.4 Å². The van der Waals surface area contributed by atoms with Crippen LogP contribution < -0.4 is 15.2 Å². The molecule has 3 aromatic carbocycles. The standard InChI is InChI=1S/C28H34N2O5/c1-21(16-22-12-14-23(15-13-22)28(29)33)30(17-24(31)19-34-26-8-4-2-5-9-26)18-25(32)20-35-27-10-6-3-7-11-27/h2-15,21,24-25,31-32H,16-20H2,1H3,(H2,29,33)/t21-,24+,25+/m1/s1. The maximum Gasteiger partial charge on any atom is 0.248 e. The van der Waals surface area contributed by atoms with Gasteiger partial charge in [0.15, 0.2) is 0 Å². The van der Waals surface area contributed by atoms with Crippen molar-refractivity contribution in [3.05, 3.63) is 96.1 Å². The molecule has 0 spiro atoms. The van der Waals surface area contributed by atoms with E-state index in [-0.39, 0.29) is 19.3 Å². The SMILES string of the molecule is C[C@H](Cc1ccc(C(N)=O)cc1)N(C[C@H](O)COc1ccccc1)C[C@H](O)COc1ccccc1. The van der Waals surface area contributed by atoms with Gasteiger partial charge >= 0.3 is 0 Å². The molecule has 3 rings (SSSR count). The van der Waals surface area contributed by atoms with Gasteiger partial charge in [-0.15, -0.1) is 0 Å². The number of nitrogens with two attached hydrogens (primary N) is 1. The van der Waals surface area contributed by atoms with E-state index in [2.05, 4.69) is 0 Å². The quantitative estimate of drug-likeness (QED) is 0.329. The Morgan fingerprint density at radius 1 is 0.800 bits per heavy atom. The zero-order chi connectivity index (χ0) is 25.0. The van der Waals surface area contributed by atoms with Crippen molar-refractivity contribution in [2.45, 2.75) is 31.6 Å². The van der Waals surface area contributed by atoms with Crippen LogP contribution >= 0.6 is 0 Å². The molecule has 0 aliphatic rings. The van der Waals surface area contributed by atoms with Crippen molar-refractivity contribution in [1.29, 1.82) is 0 Å². The zero-order valence-corrected chi connectivity index (χ0v) is 20.0. The first-order chi connectivity index (χ1) is 16.9. The number of primary amides is 1. The minimum absolute atomic E-state index is 0.00724. The number of hydrogen-bond acceptors (Lipinski definition) is 6. The van der Waals surface area contributed by atoms with Crippen molar-refractivity contribution < 1.29 is 24.5 Å². The number of nitrogens with zero attached hydrogens (tertiary/aromatic N) is 1. The molecule has 0 fully saturated rings. The molecule has 0 unspecified atom stereocenters. The Balaban J connectivity index is 1.61. The highest BCUT2D eigenvalue weighted by Gasteiger charge is 2.22. The van der Waals surface area contributed by atoms with Crippen LogP contribution in [-0.4, -0.2) is 65.6 Å². The molecule has 0 heterocycles. The summed E-state index contributed by atoms with van der Waals surface area (Å²) in [6.45, 7) is 2.94. The number of aliphatic hydroxyl groups excluding tert-OH is 2. The maximum atomic E-state index is 11.3. The van der Waals surface area contributed by atoms with Crippen LogP contribution in [0.4, 0.5) is 0 Å². The summed E-state index contributed by atoms with van der Waals surface area (Å²) in [5.41, 5.74) is 6.82. The molecule has 0 aliphatic carbocycles. The van der Waals surface area contributed by atoms with E-state index in [1.165, 1.54) is 0 Å². The first kappa shape index (κ1) is 26.2. The fourth-order valence-electron chi connectivity index (χ4n) is 3.77. The Kier molecular flexibility index (Phi) is 10.1. The van der Waals surface area contributed by atoms with Crippen LogP contribution in [0.25, 0.3) is 0 Å². The van der Waals surface area contributed by atoms with Crippen LogP contribution in [-0.2, 0) is 6.42 Å². The number of carbonyl (C=O) groups is 1. The minimum Gasteiger partial charge on any atom is -0.491 e. The lowest BCUT2D eigenvalue weighted by Gasteiger charge is -2.32. The monoisotopic (exact) mass is 478 g/mol. The molecular weight excluding hydrogens is 444 g/mol. The van der Waals surface area contributed by atoms with Gasteiger partial charge in [-0.25, -0.2) is 0 Å². The Morgan fingerprint density at radius 2 is 1.26 bits per heavy atom. The number of para-hydroxylation sites is 2. The molecule has 186 valence electrons. The molecule has 1 amide bonds. The van der Waals surface area contributed by atoms with Gasteiger partial charge in [0.05, 0.1) is 0 Å². The third kappa shape index (κ3) is 9.05. The first-order valence-corrected chi connectivity index (χ1v) is 11.8. The fraction of sp³-hybridized carbons (Fsp3) is 0.321. The third-order valence-corrected chi connectivity index (χ3v) is 5.65. The molecule has 35 heavy (non-hydrogen) atoms. The molecule has 7 heteroatoms. The Morgan fingerprint density at radius 3 is 1.69 bits per heavy atom. The zero-order valence-electron chi connectivity index (χ0n) is 20.0. The van der Waals surface area contributed by atoms with Gasteiger partial charge in [-0.1, -0.05) is 48.5 Å². The van der Waals surface area contributed by atoms with E-state index in [1.807, 2.05) is 84.6 Å². The summed E-state index contributed by atoms with van der Waals surface area (Å²) in [7, 11) is 0. The molecule has 0 radical (unpaired) electrons. The second kappa shape index (κ2) is 13.5. The van der Waals surface area contributed by atoms with Gasteiger partial charge in [0.1, 0.15) is 36.9 Å². The van der Waals surface area contributed by atoms with Crippen LogP contribution in [0.2, 0.25) is 0 Å². The van der Waals surface area contributed by atoms with Crippen molar-refractivity contribution >= 4 is 5.91 Å². The van der Waals surface area contributed by atoms with E-state index in [1.54, 1.807) is 12.1 Å². The highest BCUT2D eigenvalue weighted by atomic mass is 16.5. The van der Waals surface area contributed by atoms with Crippen LogP contribution in [0.1, 0.15) is 22.8 Å². The normalized spacial score (nSPS) is 13.7. The average Bonchev–Trinajstić information content (AvgIpc) is 2.87. The van der Waals surface area contributed by atoms with Crippen LogP contribution in [0.15, 0.2) is 84.9 Å². The number of carbonyl (C=O) groups excluding carboxylic acids is 1. The average molecular weight is 479 g/mol. The fourth-order valence-corrected chi connectivity index (χ4v) is 3.77. The summed E-state index contributed by atoms with van der Waals surface area (Å²) in [6, 6.07) is 25.8. The molecule has 3 atom stereocenters. The van der Waals surface area contributed by atoms with E-state index >= 15 is 0 Å². The number of hydrogen-bond donors (Lipinski definition) is 3. The van der Waals surface area contributed by atoms with Gasteiger partial charge in [-0.3, -0.25) is 9.69 Å². The Bertz CT molecular complexity index is 963. The van der Waals surface area contributed by atoms with Crippen molar-refractivity contribution in [3.63, 3.8) is 0 Å². The lowest BCUT2D eigenvalue weighted by molar-refractivity contribution is 0.0167. The smallest absolute Gasteiger partial charge is 0.248 e. The molecule has 0 aromatic heterocycles. The Hall–Kier alpha value is -3.39.